The topological polar surface area (TPSA) is 20.2 Å². The standard InChI is InChI=1S/C15H28O/c1-4-5-13-11(2)6-7-12-10-15(3,16)9-8-14(12)13/h11-14,16H,4-10H2,1-3H3/t11-,12-,13+,14+,15-/m1/s1. The lowest BCUT2D eigenvalue weighted by Crippen LogP contribution is -2.43. The molecule has 5 atom stereocenters. The van der Waals surface area contributed by atoms with Crippen LogP contribution in [0, 0.1) is 23.7 Å². The highest BCUT2D eigenvalue weighted by Crippen LogP contribution is 2.50. The Kier molecular flexibility index (Phi) is 3.63. The highest BCUT2D eigenvalue weighted by Gasteiger charge is 2.43. The second-order valence-electron chi connectivity index (χ2n) is 6.67. The van der Waals surface area contributed by atoms with Crippen molar-refractivity contribution in [3.05, 3.63) is 0 Å². The van der Waals surface area contributed by atoms with Crippen molar-refractivity contribution in [2.75, 3.05) is 0 Å². The van der Waals surface area contributed by atoms with Crippen LogP contribution in [0.25, 0.3) is 0 Å². The molecule has 0 saturated heterocycles. The van der Waals surface area contributed by atoms with E-state index in [0.717, 1.165) is 36.5 Å². The van der Waals surface area contributed by atoms with E-state index in [9.17, 15) is 5.11 Å². The predicted octanol–water partition coefficient (Wildman–Crippen LogP) is 4.00. The molecule has 0 aromatic carbocycles. The molecule has 0 unspecified atom stereocenters. The van der Waals surface area contributed by atoms with E-state index in [0.29, 0.717) is 0 Å². The Morgan fingerprint density at radius 2 is 2.00 bits per heavy atom. The lowest BCUT2D eigenvalue weighted by molar-refractivity contribution is -0.0578. The van der Waals surface area contributed by atoms with Crippen molar-refractivity contribution in [1.82, 2.24) is 0 Å². The van der Waals surface area contributed by atoms with Crippen molar-refractivity contribution >= 4 is 0 Å². The third kappa shape index (κ3) is 2.45. The van der Waals surface area contributed by atoms with Gasteiger partial charge < -0.3 is 5.11 Å². The van der Waals surface area contributed by atoms with Crippen LogP contribution in [0.2, 0.25) is 0 Å². The first-order chi connectivity index (χ1) is 7.53. The van der Waals surface area contributed by atoms with Crippen LogP contribution >= 0.6 is 0 Å². The van der Waals surface area contributed by atoms with Crippen molar-refractivity contribution in [2.45, 2.75) is 71.3 Å². The highest BCUT2D eigenvalue weighted by atomic mass is 16.3. The molecule has 2 saturated carbocycles. The van der Waals surface area contributed by atoms with Gasteiger partial charge in [0.2, 0.25) is 0 Å². The highest BCUT2D eigenvalue weighted by molar-refractivity contribution is 4.94. The van der Waals surface area contributed by atoms with E-state index in [1.165, 1.54) is 32.1 Å². The Morgan fingerprint density at radius 1 is 1.25 bits per heavy atom. The summed E-state index contributed by atoms with van der Waals surface area (Å²) < 4.78 is 0. The summed E-state index contributed by atoms with van der Waals surface area (Å²) in [4.78, 5) is 0. The van der Waals surface area contributed by atoms with E-state index < -0.39 is 0 Å². The van der Waals surface area contributed by atoms with Gasteiger partial charge in [-0.2, -0.15) is 0 Å². The summed E-state index contributed by atoms with van der Waals surface area (Å²) in [6, 6.07) is 0. The summed E-state index contributed by atoms with van der Waals surface area (Å²) in [7, 11) is 0. The molecule has 2 rings (SSSR count). The molecule has 0 aromatic heterocycles. The van der Waals surface area contributed by atoms with Crippen molar-refractivity contribution in [3.8, 4) is 0 Å². The minimum atomic E-state index is -0.363. The zero-order valence-corrected chi connectivity index (χ0v) is 11.2. The van der Waals surface area contributed by atoms with Crippen LogP contribution in [-0.2, 0) is 0 Å². The van der Waals surface area contributed by atoms with Gasteiger partial charge in [-0.05, 0) is 56.3 Å². The summed E-state index contributed by atoms with van der Waals surface area (Å²) in [5, 5.41) is 10.2. The third-order valence-corrected chi connectivity index (χ3v) is 5.22. The van der Waals surface area contributed by atoms with Crippen molar-refractivity contribution in [2.24, 2.45) is 23.7 Å². The van der Waals surface area contributed by atoms with E-state index in [2.05, 4.69) is 13.8 Å². The van der Waals surface area contributed by atoms with E-state index in [1.54, 1.807) is 0 Å². The molecule has 1 heteroatoms. The van der Waals surface area contributed by atoms with Gasteiger partial charge in [0.15, 0.2) is 0 Å². The van der Waals surface area contributed by atoms with Gasteiger partial charge in [0, 0.05) is 0 Å². The van der Waals surface area contributed by atoms with Gasteiger partial charge in [-0.25, -0.2) is 0 Å². The Bertz CT molecular complexity index is 234. The molecule has 2 aliphatic rings. The Hall–Kier alpha value is -0.0400. The van der Waals surface area contributed by atoms with Crippen LogP contribution in [0.3, 0.4) is 0 Å². The fraction of sp³-hybridized carbons (Fsp3) is 1.00. The molecule has 0 aromatic rings. The average Bonchev–Trinajstić information content (AvgIpc) is 2.21. The Morgan fingerprint density at radius 3 is 2.69 bits per heavy atom. The maximum atomic E-state index is 10.2. The quantitative estimate of drug-likeness (QED) is 0.751. The van der Waals surface area contributed by atoms with E-state index in [1.807, 2.05) is 6.92 Å². The van der Waals surface area contributed by atoms with Crippen molar-refractivity contribution in [1.29, 1.82) is 0 Å². The molecule has 2 aliphatic carbocycles. The van der Waals surface area contributed by atoms with Gasteiger partial charge in [0.1, 0.15) is 0 Å². The molecule has 0 radical (unpaired) electrons. The largest absolute Gasteiger partial charge is 0.390 e. The van der Waals surface area contributed by atoms with Crippen LogP contribution in [0.5, 0.6) is 0 Å². The third-order valence-electron chi connectivity index (χ3n) is 5.22. The van der Waals surface area contributed by atoms with Gasteiger partial charge in [0.25, 0.3) is 0 Å². The number of fused-ring (bicyclic) bond motifs is 1. The smallest absolute Gasteiger partial charge is 0.0622 e. The minimum absolute atomic E-state index is 0.363. The Labute approximate surface area is 101 Å². The molecule has 94 valence electrons. The lowest BCUT2D eigenvalue weighted by Gasteiger charge is -2.48. The minimum Gasteiger partial charge on any atom is -0.390 e. The summed E-state index contributed by atoms with van der Waals surface area (Å²) in [5.41, 5.74) is -0.363. The van der Waals surface area contributed by atoms with Crippen LogP contribution in [-0.4, -0.2) is 10.7 Å². The molecule has 1 nitrogen and oxygen atoms in total. The SMILES string of the molecule is CCC[C@@H]1[C@H]2CC[C@@](C)(O)C[C@H]2CC[C@H]1C. The molecule has 0 aliphatic heterocycles. The molecule has 0 amide bonds. The zero-order valence-electron chi connectivity index (χ0n) is 11.2. The second kappa shape index (κ2) is 4.68. The second-order valence-corrected chi connectivity index (χ2v) is 6.67. The van der Waals surface area contributed by atoms with Crippen LogP contribution < -0.4 is 0 Å². The average molecular weight is 224 g/mol. The van der Waals surface area contributed by atoms with E-state index in [-0.39, 0.29) is 5.60 Å². The molecule has 1 N–H and O–H groups in total. The molecular formula is C15H28O. The van der Waals surface area contributed by atoms with Gasteiger partial charge in [-0.15, -0.1) is 0 Å². The number of hydrogen-bond donors (Lipinski definition) is 1. The monoisotopic (exact) mass is 224 g/mol. The first kappa shape index (κ1) is 12.4. The van der Waals surface area contributed by atoms with Gasteiger partial charge in [-0.1, -0.05) is 33.1 Å². The van der Waals surface area contributed by atoms with Gasteiger partial charge in [0.05, 0.1) is 5.60 Å². The maximum Gasteiger partial charge on any atom is 0.0622 e. The summed E-state index contributed by atoms with van der Waals surface area (Å²) in [6.07, 6.45) is 8.85. The number of hydrogen-bond acceptors (Lipinski definition) is 1. The van der Waals surface area contributed by atoms with E-state index >= 15 is 0 Å². The summed E-state index contributed by atoms with van der Waals surface area (Å²) >= 11 is 0. The number of aliphatic hydroxyl groups is 1. The van der Waals surface area contributed by atoms with Crippen LogP contribution in [0.1, 0.15) is 65.7 Å². The Balaban J connectivity index is 2.05. The zero-order chi connectivity index (χ0) is 11.8. The normalized spacial score (nSPS) is 48.8. The first-order valence-corrected chi connectivity index (χ1v) is 7.26. The fourth-order valence-corrected chi connectivity index (χ4v) is 4.36. The van der Waals surface area contributed by atoms with Crippen molar-refractivity contribution < 1.29 is 5.11 Å². The molecule has 2 fully saturated rings. The number of rotatable bonds is 2. The van der Waals surface area contributed by atoms with Gasteiger partial charge >= 0.3 is 0 Å². The van der Waals surface area contributed by atoms with E-state index in [4.69, 9.17) is 0 Å². The lowest BCUT2D eigenvalue weighted by atomic mass is 9.58. The van der Waals surface area contributed by atoms with Crippen LogP contribution in [0.4, 0.5) is 0 Å². The maximum absolute atomic E-state index is 10.2. The summed E-state index contributed by atoms with van der Waals surface area (Å²) in [5.74, 6) is 3.60. The van der Waals surface area contributed by atoms with Gasteiger partial charge in [-0.3, -0.25) is 0 Å². The van der Waals surface area contributed by atoms with Crippen molar-refractivity contribution in [3.63, 3.8) is 0 Å². The molecule has 0 spiro atoms. The van der Waals surface area contributed by atoms with Crippen LogP contribution in [0.15, 0.2) is 0 Å². The fourth-order valence-electron chi connectivity index (χ4n) is 4.36. The molecule has 0 heterocycles. The molecule has 16 heavy (non-hydrogen) atoms. The predicted molar refractivity (Wildman–Crippen MR) is 68.3 cm³/mol. The summed E-state index contributed by atoms with van der Waals surface area (Å²) in [6.45, 7) is 6.80. The molecular weight excluding hydrogens is 196 g/mol. The first-order valence-electron chi connectivity index (χ1n) is 7.26. The molecule has 0 bridgehead atoms.